The molecule has 0 radical (unpaired) electrons. The molecule has 2 aromatic carbocycles. The molecule has 1 nitrogen and oxygen atoms in total. The molecule has 0 aliphatic rings. The topological polar surface area (TPSA) is 17.1 Å². The van der Waals surface area contributed by atoms with Crippen LogP contribution < -0.4 is 0 Å². The normalized spacial score (nSPS) is 10.5. The van der Waals surface area contributed by atoms with E-state index in [1.165, 1.54) is 0 Å². The Morgan fingerprint density at radius 2 is 1.89 bits per heavy atom. The van der Waals surface area contributed by atoms with Crippen molar-refractivity contribution in [2.45, 2.75) is 20.3 Å². The summed E-state index contributed by atoms with van der Waals surface area (Å²) >= 11 is 9.45. The zero-order chi connectivity index (χ0) is 14.0. The number of hydrogen-bond donors (Lipinski definition) is 0. The summed E-state index contributed by atoms with van der Waals surface area (Å²) in [6.07, 6.45) is 0.379. The standard InChI is InChI=1S/C16H14BrClO/c1-10-3-4-11(2)12(7-10)8-16(19)14-9-13(17)5-6-15(14)18/h3-7,9H,8H2,1-2H3. The van der Waals surface area contributed by atoms with Crippen molar-refractivity contribution in [2.24, 2.45) is 0 Å². The van der Waals surface area contributed by atoms with Crippen LogP contribution in [0, 0.1) is 13.8 Å². The molecule has 0 aromatic heterocycles. The number of aryl methyl sites for hydroxylation is 2. The molecule has 0 fully saturated rings. The maximum absolute atomic E-state index is 12.3. The molecular weight excluding hydrogens is 324 g/mol. The van der Waals surface area contributed by atoms with Crippen LogP contribution in [0.15, 0.2) is 40.9 Å². The molecule has 0 spiro atoms. The largest absolute Gasteiger partial charge is 0.294 e. The Labute approximate surface area is 126 Å². The van der Waals surface area contributed by atoms with Crippen LogP contribution in [0.1, 0.15) is 27.0 Å². The molecule has 0 unspecified atom stereocenters. The smallest absolute Gasteiger partial charge is 0.168 e. The molecule has 19 heavy (non-hydrogen) atoms. The van der Waals surface area contributed by atoms with Crippen molar-refractivity contribution in [1.82, 2.24) is 0 Å². The minimum absolute atomic E-state index is 0.0417. The molecule has 98 valence electrons. The number of Topliss-reactive ketones (excluding diaryl/α,β-unsaturated/α-hetero) is 1. The molecule has 0 amide bonds. The van der Waals surface area contributed by atoms with Crippen LogP contribution in [0.25, 0.3) is 0 Å². The van der Waals surface area contributed by atoms with Gasteiger partial charge in [-0.3, -0.25) is 4.79 Å². The molecule has 0 atom stereocenters. The van der Waals surface area contributed by atoms with Crippen molar-refractivity contribution in [3.63, 3.8) is 0 Å². The summed E-state index contributed by atoms with van der Waals surface area (Å²) in [5, 5.41) is 0.499. The molecule has 0 saturated carbocycles. The van der Waals surface area contributed by atoms with Gasteiger partial charge in [-0.1, -0.05) is 51.3 Å². The molecule has 0 aliphatic carbocycles. The van der Waals surface area contributed by atoms with Crippen LogP contribution in [0.5, 0.6) is 0 Å². The van der Waals surface area contributed by atoms with Gasteiger partial charge in [0, 0.05) is 16.5 Å². The fourth-order valence-electron chi connectivity index (χ4n) is 1.97. The van der Waals surface area contributed by atoms with Crippen molar-refractivity contribution in [1.29, 1.82) is 0 Å². The molecule has 3 heteroatoms. The van der Waals surface area contributed by atoms with Crippen molar-refractivity contribution in [3.05, 3.63) is 68.1 Å². The Balaban J connectivity index is 2.30. The third-order valence-corrected chi connectivity index (χ3v) is 3.91. The summed E-state index contributed by atoms with van der Waals surface area (Å²) in [5.74, 6) is 0.0417. The van der Waals surface area contributed by atoms with Gasteiger partial charge in [0.05, 0.1) is 5.02 Å². The van der Waals surface area contributed by atoms with E-state index in [2.05, 4.69) is 28.1 Å². The second-order valence-corrected chi connectivity index (χ2v) is 5.98. The fourth-order valence-corrected chi connectivity index (χ4v) is 2.55. The van der Waals surface area contributed by atoms with E-state index >= 15 is 0 Å². The lowest BCUT2D eigenvalue weighted by Crippen LogP contribution is -2.06. The summed E-state index contributed by atoms with van der Waals surface area (Å²) in [6, 6.07) is 11.5. The first-order valence-corrected chi connectivity index (χ1v) is 7.19. The predicted molar refractivity (Wildman–Crippen MR) is 83.1 cm³/mol. The van der Waals surface area contributed by atoms with Gasteiger partial charge >= 0.3 is 0 Å². The van der Waals surface area contributed by atoms with Gasteiger partial charge in [-0.05, 0) is 43.2 Å². The zero-order valence-corrected chi connectivity index (χ0v) is 13.2. The molecule has 0 saturated heterocycles. The molecule has 0 aliphatic heterocycles. The Morgan fingerprint density at radius 3 is 2.63 bits per heavy atom. The van der Waals surface area contributed by atoms with E-state index < -0.39 is 0 Å². The zero-order valence-electron chi connectivity index (χ0n) is 10.8. The van der Waals surface area contributed by atoms with Gasteiger partial charge in [-0.2, -0.15) is 0 Å². The van der Waals surface area contributed by atoms with Crippen molar-refractivity contribution in [2.75, 3.05) is 0 Å². The Hall–Kier alpha value is -1.12. The number of carbonyl (C=O) groups is 1. The van der Waals surface area contributed by atoms with E-state index in [4.69, 9.17) is 11.6 Å². The maximum Gasteiger partial charge on any atom is 0.168 e. The van der Waals surface area contributed by atoms with Crippen LogP contribution in [-0.4, -0.2) is 5.78 Å². The predicted octanol–water partition coefficient (Wildman–Crippen LogP) is 5.14. The van der Waals surface area contributed by atoms with Gasteiger partial charge < -0.3 is 0 Å². The highest BCUT2D eigenvalue weighted by molar-refractivity contribution is 9.10. The fraction of sp³-hybridized carbons (Fsp3) is 0.188. The lowest BCUT2D eigenvalue weighted by atomic mass is 9.98. The third kappa shape index (κ3) is 3.46. The average Bonchev–Trinajstić information content (AvgIpc) is 2.36. The number of rotatable bonds is 3. The molecule has 0 heterocycles. The van der Waals surface area contributed by atoms with E-state index in [1.54, 1.807) is 12.1 Å². The number of benzene rings is 2. The van der Waals surface area contributed by atoms with Gasteiger partial charge in [0.1, 0.15) is 0 Å². The van der Waals surface area contributed by atoms with Gasteiger partial charge in [-0.25, -0.2) is 0 Å². The third-order valence-electron chi connectivity index (χ3n) is 3.08. The van der Waals surface area contributed by atoms with E-state index in [-0.39, 0.29) is 5.78 Å². The monoisotopic (exact) mass is 336 g/mol. The summed E-state index contributed by atoms with van der Waals surface area (Å²) in [4.78, 5) is 12.3. The van der Waals surface area contributed by atoms with Crippen molar-refractivity contribution >= 4 is 33.3 Å². The lowest BCUT2D eigenvalue weighted by molar-refractivity contribution is 0.0993. The summed E-state index contributed by atoms with van der Waals surface area (Å²) in [6.45, 7) is 4.05. The first-order valence-electron chi connectivity index (χ1n) is 6.02. The first-order chi connectivity index (χ1) is 8.97. The van der Waals surface area contributed by atoms with Gasteiger partial charge in [0.25, 0.3) is 0 Å². The highest BCUT2D eigenvalue weighted by Gasteiger charge is 2.13. The van der Waals surface area contributed by atoms with E-state index in [9.17, 15) is 4.79 Å². The first kappa shape index (κ1) is 14.3. The van der Waals surface area contributed by atoms with Crippen LogP contribution in [0.3, 0.4) is 0 Å². The van der Waals surface area contributed by atoms with Gasteiger partial charge in [0.15, 0.2) is 5.78 Å². The van der Waals surface area contributed by atoms with E-state index in [1.807, 2.05) is 26.0 Å². The SMILES string of the molecule is Cc1ccc(C)c(CC(=O)c2cc(Br)ccc2Cl)c1. The maximum atomic E-state index is 12.3. The van der Waals surface area contributed by atoms with Gasteiger partial charge in [0.2, 0.25) is 0 Å². The molecular formula is C16H14BrClO. The summed E-state index contributed by atoms with van der Waals surface area (Å²) in [5.41, 5.74) is 3.91. The number of hydrogen-bond acceptors (Lipinski definition) is 1. The summed E-state index contributed by atoms with van der Waals surface area (Å²) < 4.78 is 0.862. The molecule has 2 rings (SSSR count). The minimum atomic E-state index is 0.0417. The number of ketones is 1. The van der Waals surface area contributed by atoms with Crippen LogP contribution in [0.2, 0.25) is 5.02 Å². The highest BCUT2D eigenvalue weighted by Crippen LogP contribution is 2.23. The molecule has 2 aromatic rings. The van der Waals surface area contributed by atoms with Crippen molar-refractivity contribution in [3.8, 4) is 0 Å². The van der Waals surface area contributed by atoms with E-state index in [0.29, 0.717) is 17.0 Å². The summed E-state index contributed by atoms with van der Waals surface area (Å²) in [7, 11) is 0. The minimum Gasteiger partial charge on any atom is -0.294 e. The van der Waals surface area contributed by atoms with Crippen molar-refractivity contribution < 1.29 is 4.79 Å². The van der Waals surface area contributed by atoms with Crippen LogP contribution in [-0.2, 0) is 6.42 Å². The number of carbonyl (C=O) groups excluding carboxylic acids is 1. The second-order valence-electron chi connectivity index (χ2n) is 4.65. The van der Waals surface area contributed by atoms with Crippen LogP contribution in [0.4, 0.5) is 0 Å². The Kier molecular flexibility index (Phi) is 4.43. The van der Waals surface area contributed by atoms with Gasteiger partial charge in [-0.15, -0.1) is 0 Å². The second kappa shape index (κ2) is 5.89. The van der Waals surface area contributed by atoms with Crippen LogP contribution >= 0.6 is 27.5 Å². The lowest BCUT2D eigenvalue weighted by Gasteiger charge is -2.08. The average molecular weight is 338 g/mol. The molecule has 0 N–H and O–H groups in total. The highest BCUT2D eigenvalue weighted by atomic mass is 79.9. The Bertz CT molecular complexity index is 635. The molecule has 0 bridgehead atoms. The quantitative estimate of drug-likeness (QED) is 0.708. The Morgan fingerprint density at radius 1 is 1.16 bits per heavy atom. The van der Waals surface area contributed by atoms with E-state index in [0.717, 1.165) is 21.2 Å². The number of halogens is 2.